The molecular formula is C9H11N3O3. The molecule has 1 heterocycles. The van der Waals surface area contributed by atoms with Crippen molar-refractivity contribution in [2.24, 2.45) is 0 Å². The smallest absolute Gasteiger partial charge is 0.330 e. The van der Waals surface area contributed by atoms with Crippen molar-refractivity contribution in [3.8, 4) is 0 Å². The van der Waals surface area contributed by atoms with Gasteiger partial charge in [-0.3, -0.25) is 4.79 Å². The first-order valence-corrected chi connectivity index (χ1v) is 4.31. The molecule has 0 aliphatic carbocycles. The highest BCUT2D eigenvalue weighted by atomic mass is 16.5. The molecule has 0 saturated heterocycles. The average molecular weight is 209 g/mol. The van der Waals surface area contributed by atoms with Gasteiger partial charge in [0.2, 0.25) is 0 Å². The number of H-pyrrole nitrogens is 1. The van der Waals surface area contributed by atoms with Gasteiger partial charge in [0, 0.05) is 18.5 Å². The molecule has 0 unspecified atom stereocenters. The Labute approximate surface area is 86.3 Å². The van der Waals surface area contributed by atoms with Crippen molar-refractivity contribution in [2.75, 3.05) is 13.2 Å². The molecule has 1 aromatic rings. The van der Waals surface area contributed by atoms with Gasteiger partial charge in [-0.05, 0) is 0 Å². The predicted octanol–water partition coefficient (Wildman–Crippen LogP) is -0.131. The number of carbonyl (C=O) groups is 2. The Morgan fingerprint density at radius 3 is 3.07 bits per heavy atom. The van der Waals surface area contributed by atoms with Crippen molar-refractivity contribution in [2.45, 2.75) is 0 Å². The van der Waals surface area contributed by atoms with E-state index in [4.69, 9.17) is 0 Å². The van der Waals surface area contributed by atoms with E-state index in [1.807, 2.05) is 0 Å². The summed E-state index contributed by atoms with van der Waals surface area (Å²) in [6.45, 7) is 3.58. The van der Waals surface area contributed by atoms with Gasteiger partial charge in [-0.25, -0.2) is 9.78 Å². The van der Waals surface area contributed by atoms with Crippen molar-refractivity contribution in [1.29, 1.82) is 0 Å². The molecule has 0 aliphatic rings. The molecule has 0 atom stereocenters. The maximum absolute atomic E-state index is 11.3. The highest BCUT2D eigenvalue weighted by molar-refractivity contribution is 5.90. The van der Waals surface area contributed by atoms with Crippen LogP contribution in [0.2, 0.25) is 0 Å². The zero-order valence-electron chi connectivity index (χ0n) is 8.03. The fourth-order valence-electron chi connectivity index (χ4n) is 0.848. The molecule has 2 N–H and O–H groups in total. The summed E-state index contributed by atoms with van der Waals surface area (Å²) in [7, 11) is 0. The van der Waals surface area contributed by atoms with Crippen LogP contribution in [0.3, 0.4) is 0 Å². The molecule has 1 amide bonds. The SMILES string of the molecule is C=CC(=O)OCCNC(=O)c1ncc[nH]1. The van der Waals surface area contributed by atoms with Gasteiger partial charge in [0.05, 0.1) is 6.54 Å². The Morgan fingerprint density at radius 1 is 1.67 bits per heavy atom. The highest BCUT2D eigenvalue weighted by Gasteiger charge is 2.06. The van der Waals surface area contributed by atoms with Gasteiger partial charge in [-0.1, -0.05) is 6.58 Å². The van der Waals surface area contributed by atoms with Crippen LogP contribution in [0.5, 0.6) is 0 Å². The lowest BCUT2D eigenvalue weighted by Crippen LogP contribution is -2.28. The average Bonchev–Trinajstić information content (AvgIpc) is 2.77. The number of nitrogens with one attached hydrogen (secondary N) is 2. The van der Waals surface area contributed by atoms with Gasteiger partial charge in [0.25, 0.3) is 5.91 Å². The van der Waals surface area contributed by atoms with E-state index in [0.717, 1.165) is 6.08 Å². The number of hydrogen-bond donors (Lipinski definition) is 2. The number of hydrogen-bond acceptors (Lipinski definition) is 4. The van der Waals surface area contributed by atoms with Crippen molar-refractivity contribution in [1.82, 2.24) is 15.3 Å². The number of aromatic amines is 1. The van der Waals surface area contributed by atoms with E-state index in [0.29, 0.717) is 0 Å². The van der Waals surface area contributed by atoms with Crippen LogP contribution in [0.15, 0.2) is 25.0 Å². The fraction of sp³-hybridized carbons (Fsp3) is 0.222. The molecule has 0 spiro atoms. The summed E-state index contributed by atoms with van der Waals surface area (Å²) in [5.74, 6) is -0.623. The van der Waals surface area contributed by atoms with Crippen molar-refractivity contribution < 1.29 is 14.3 Å². The highest BCUT2D eigenvalue weighted by Crippen LogP contribution is 1.87. The minimum absolute atomic E-state index is 0.108. The van der Waals surface area contributed by atoms with Gasteiger partial charge in [0.15, 0.2) is 5.82 Å². The summed E-state index contributed by atoms with van der Waals surface area (Å²) < 4.78 is 4.66. The van der Waals surface area contributed by atoms with E-state index in [2.05, 4.69) is 26.6 Å². The zero-order chi connectivity index (χ0) is 11.1. The first-order valence-electron chi connectivity index (χ1n) is 4.31. The molecule has 80 valence electrons. The summed E-state index contributed by atoms with van der Waals surface area (Å²) in [4.78, 5) is 28.3. The minimum atomic E-state index is -0.512. The van der Waals surface area contributed by atoms with Crippen LogP contribution in [0.4, 0.5) is 0 Å². The maximum Gasteiger partial charge on any atom is 0.330 e. The first kappa shape index (κ1) is 11.0. The lowest BCUT2D eigenvalue weighted by molar-refractivity contribution is -0.137. The van der Waals surface area contributed by atoms with Gasteiger partial charge in [0.1, 0.15) is 6.61 Å². The quantitative estimate of drug-likeness (QED) is 0.402. The molecular weight excluding hydrogens is 198 g/mol. The molecule has 0 saturated carbocycles. The molecule has 0 aliphatic heterocycles. The Bertz CT molecular complexity index is 345. The van der Waals surface area contributed by atoms with Crippen molar-refractivity contribution in [3.63, 3.8) is 0 Å². The molecule has 1 aromatic heterocycles. The van der Waals surface area contributed by atoms with E-state index >= 15 is 0 Å². The molecule has 1 rings (SSSR count). The van der Waals surface area contributed by atoms with Crippen LogP contribution >= 0.6 is 0 Å². The molecule has 6 nitrogen and oxygen atoms in total. The molecule has 0 radical (unpaired) electrons. The summed E-state index contributed by atoms with van der Waals surface area (Å²) >= 11 is 0. The Hall–Kier alpha value is -2.11. The second-order valence-corrected chi connectivity index (χ2v) is 2.57. The normalized spacial score (nSPS) is 9.33. The molecule has 6 heteroatoms. The third kappa shape index (κ3) is 3.63. The zero-order valence-corrected chi connectivity index (χ0v) is 8.03. The lowest BCUT2D eigenvalue weighted by atomic mass is 10.5. The Morgan fingerprint density at radius 2 is 2.47 bits per heavy atom. The van der Waals surface area contributed by atoms with Gasteiger partial charge in [-0.15, -0.1) is 0 Å². The number of ether oxygens (including phenoxy) is 1. The number of aromatic nitrogens is 2. The van der Waals surface area contributed by atoms with Gasteiger partial charge < -0.3 is 15.0 Å². The predicted molar refractivity (Wildman–Crippen MR) is 52.1 cm³/mol. The van der Waals surface area contributed by atoms with Crippen LogP contribution in [-0.2, 0) is 9.53 Å². The Balaban J connectivity index is 2.18. The third-order valence-corrected chi connectivity index (χ3v) is 1.51. The van der Waals surface area contributed by atoms with E-state index < -0.39 is 5.97 Å². The standard InChI is InChI=1S/C9H11N3O3/c1-2-7(13)15-6-5-12-9(14)8-10-3-4-11-8/h2-4H,1,5-6H2,(H,10,11)(H,12,14). The molecule has 0 fully saturated rings. The summed E-state index contributed by atoms with van der Waals surface area (Å²) in [5.41, 5.74) is 0. The lowest BCUT2D eigenvalue weighted by Gasteiger charge is -2.03. The molecule has 0 bridgehead atoms. The third-order valence-electron chi connectivity index (χ3n) is 1.51. The maximum atomic E-state index is 11.3. The van der Waals surface area contributed by atoms with Gasteiger partial charge >= 0.3 is 5.97 Å². The minimum Gasteiger partial charge on any atom is -0.461 e. The van der Waals surface area contributed by atoms with Crippen molar-refractivity contribution in [3.05, 3.63) is 30.9 Å². The number of amides is 1. The number of imidazole rings is 1. The van der Waals surface area contributed by atoms with Crippen molar-refractivity contribution >= 4 is 11.9 Å². The topological polar surface area (TPSA) is 84.1 Å². The van der Waals surface area contributed by atoms with Gasteiger partial charge in [-0.2, -0.15) is 0 Å². The second kappa shape index (κ2) is 5.58. The monoisotopic (exact) mass is 209 g/mol. The number of rotatable bonds is 5. The van der Waals surface area contributed by atoms with E-state index in [1.54, 1.807) is 6.20 Å². The van der Waals surface area contributed by atoms with E-state index in [-0.39, 0.29) is 24.9 Å². The molecule has 15 heavy (non-hydrogen) atoms. The van der Waals surface area contributed by atoms with E-state index in [9.17, 15) is 9.59 Å². The van der Waals surface area contributed by atoms with Crippen LogP contribution in [0.1, 0.15) is 10.6 Å². The second-order valence-electron chi connectivity index (χ2n) is 2.57. The summed E-state index contributed by atoms with van der Waals surface area (Å²) in [6, 6.07) is 0. The van der Waals surface area contributed by atoms with E-state index in [1.165, 1.54) is 6.20 Å². The van der Waals surface area contributed by atoms with Crippen LogP contribution in [0, 0.1) is 0 Å². The number of carbonyl (C=O) groups excluding carboxylic acids is 2. The number of nitrogens with zero attached hydrogens (tertiary/aromatic N) is 1. The van der Waals surface area contributed by atoms with Crippen LogP contribution in [-0.4, -0.2) is 35.0 Å². The summed E-state index contributed by atoms with van der Waals surface area (Å²) in [5, 5.41) is 2.52. The molecule has 0 aromatic carbocycles. The first-order chi connectivity index (χ1) is 7.24. The number of esters is 1. The Kier molecular flexibility index (Phi) is 4.08. The fourth-order valence-corrected chi connectivity index (χ4v) is 0.848. The van der Waals surface area contributed by atoms with Crippen LogP contribution < -0.4 is 5.32 Å². The van der Waals surface area contributed by atoms with Crippen LogP contribution in [0.25, 0.3) is 0 Å². The largest absolute Gasteiger partial charge is 0.461 e. The summed E-state index contributed by atoms with van der Waals surface area (Å²) in [6.07, 6.45) is 4.09.